The Balaban J connectivity index is 2.93. The molecule has 5 nitrogen and oxygen atoms in total. The minimum absolute atomic E-state index is 0.0675. The van der Waals surface area contributed by atoms with E-state index in [-0.39, 0.29) is 11.6 Å². The highest BCUT2D eigenvalue weighted by Gasteiger charge is 2.10. The van der Waals surface area contributed by atoms with Crippen molar-refractivity contribution in [3.63, 3.8) is 0 Å². The molecule has 0 aliphatic heterocycles. The molecule has 2 N–H and O–H groups in total. The van der Waals surface area contributed by atoms with Crippen molar-refractivity contribution in [3.8, 4) is 5.75 Å². The van der Waals surface area contributed by atoms with Crippen LogP contribution in [0.1, 0.15) is 17.3 Å². The Bertz CT molecular complexity index is 392. The van der Waals surface area contributed by atoms with Crippen LogP contribution in [-0.4, -0.2) is 37.9 Å². The summed E-state index contributed by atoms with van der Waals surface area (Å²) in [5.41, 5.74) is 0.870. The van der Waals surface area contributed by atoms with Crippen molar-refractivity contribution >= 4 is 11.7 Å². The number of hydrogen-bond acceptors (Lipinski definition) is 4. The fourth-order valence-corrected chi connectivity index (χ4v) is 1.51. The van der Waals surface area contributed by atoms with E-state index in [1.165, 1.54) is 6.07 Å². The van der Waals surface area contributed by atoms with Gasteiger partial charge in [0.15, 0.2) is 0 Å². The number of nitrogens with one attached hydrogen (secondary N) is 1. The lowest BCUT2D eigenvalue weighted by molar-refractivity contribution is 0.0697. The standard InChI is InChI=1S/C12H17NO4/c1-8(7-16-2)13-10-6-9(12(14)15)4-5-11(10)17-3/h4-6,8,13H,7H2,1-3H3,(H,14,15). The maximum absolute atomic E-state index is 10.9. The molecule has 0 spiro atoms. The van der Waals surface area contributed by atoms with Crippen molar-refractivity contribution in [2.75, 3.05) is 26.1 Å². The number of anilines is 1. The highest BCUT2D eigenvalue weighted by atomic mass is 16.5. The summed E-state index contributed by atoms with van der Waals surface area (Å²) >= 11 is 0. The minimum atomic E-state index is -0.963. The zero-order chi connectivity index (χ0) is 12.8. The molecule has 0 aromatic heterocycles. The Hall–Kier alpha value is -1.75. The molecular formula is C12H17NO4. The third-order valence-electron chi connectivity index (χ3n) is 2.26. The second-order valence-electron chi connectivity index (χ2n) is 3.72. The summed E-state index contributed by atoms with van der Waals surface area (Å²) in [6, 6.07) is 4.75. The second kappa shape index (κ2) is 6.10. The first-order valence-electron chi connectivity index (χ1n) is 5.25. The molecule has 0 saturated carbocycles. The molecule has 1 unspecified atom stereocenters. The molecule has 17 heavy (non-hydrogen) atoms. The second-order valence-corrected chi connectivity index (χ2v) is 3.72. The first-order chi connectivity index (χ1) is 8.08. The van der Waals surface area contributed by atoms with Crippen LogP contribution >= 0.6 is 0 Å². The van der Waals surface area contributed by atoms with Crippen LogP contribution in [0.4, 0.5) is 5.69 Å². The Labute approximate surface area is 100 Å². The third-order valence-corrected chi connectivity index (χ3v) is 2.26. The molecule has 0 amide bonds. The monoisotopic (exact) mass is 239 g/mol. The molecule has 0 saturated heterocycles. The summed E-state index contributed by atoms with van der Waals surface area (Å²) in [4.78, 5) is 10.9. The average molecular weight is 239 g/mol. The minimum Gasteiger partial charge on any atom is -0.495 e. The fourth-order valence-electron chi connectivity index (χ4n) is 1.51. The molecule has 94 valence electrons. The molecule has 1 rings (SSSR count). The van der Waals surface area contributed by atoms with Crippen LogP contribution in [0.2, 0.25) is 0 Å². The highest BCUT2D eigenvalue weighted by Crippen LogP contribution is 2.26. The van der Waals surface area contributed by atoms with Gasteiger partial charge in [-0.1, -0.05) is 0 Å². The van der Waals surface area contributed by atoms with Crippen molar-refractivity contribution in [1.29, 1.82) is 0 Å². The molecule has 1 aromatic carbocycles. The van der Waals surface area contributed by atoms with Gasteiger partial charge in [-0.25, -0.2) is 4.79 Å². The number of hydrogen-bond donors (Lipinski definition) is 2. The van der Waals surface area contributed by atoms with Gasteiger partial charge in [0.25, 0.3) is 0 Å². The lowest BCUT2D eigenvalue weighted by atomic mass is 10.1. The zero-order valence-corrected chi connectivity index (χ0v) is 10.2. The Morgan fingerprint density at radius 2 is 2.18 bits per heavy atom. The number of ether oxygens (including phenoxy) is 2. The van der Waals surface area contributed by atoms with Crippen LogP contribution in [0.25, 0.3) is 0 Å². The van der Waals surface area contributed by atoms with E-state index in [1.54, 1.807) is 26.4 Å². The van der Waals surface area contributed by atoms with E-state index in [0.29, 0.717) is 18.0 Å². The van der Waals surface area contributed by atoms with E-state index in [1.807, 2.05) is 6.92 Å². The maximum Gasteiger partial charge on any atom is 0.335 e. The molecule has 0 heterocycles. The zero-order valence-electron chi connectivity index (χ0n) is 10.2. The van der Waals surface area contributed by atoms with Crippen LogP contribution < -0.4 is 10.1 Å². The molecule has 0 bridgehead atoms. The van der Waals surface area contributed by atoms with Gasteiger partial charge >= 0.3 is 5.97 Å². The fraction of sp³-hybridized carbons (Fsp3) is 0.417. The van der Waals surface area contributed by atoms with Gasteiger partial charge in [-0.2, -0.15) is 0 Å². The first-order valence-corrected chi connectivity index (χ1v) is 5.25. The molecule has 0 aliphatic rings. The molecule has 5 heteroatoms. The van der Waals surface area contributed by atoms with Gasteiger partial charge in [0.05, 0.1) is 25.0 Å². The van der Waals surface area contributed by atoms with Crippen LogP contribution in [0.3, 0.4) is 0 Å². The molecule has 1 aromatic rings. The van der Waals surface area contributed by atoms with Gasteiger partial charge in [0.2, 0.25) is 0 Å². The van der Waals surface area contributed by atoms with Crippen LogP contribution in [-0.2, 0) is 4.74 Å². The van der Waals surface area contributed by atoms with Gasteiger partial charge in [-0.15, -0.1) is 0 Å². The lowest BCUT2D eigenvalue weighted by Gasteiger charge is -2.17. The SMILES string of the molecule is COCC(C)Nc1cc(C(=O)O)ccc1OC. The number of carbonyl (C=O) groups is 1. The molecular weight excluding hydrogens is 222 g/mol. The number of benzene rings is 1. The number of carboxylic acids is 1. The summed E-state index contributed by atoms with van der Waals surface area (Å²) in [6.07, 6.45) is 0. The third kappa shape index (κ3) is 3.64. The van der Waals surface area contributed by atoms with E-state index >= 15 is 0 Å². The largest absolute Gasteiger partial charge is 0.495 e. The molecule has 0 aliphatic carbocycles. The van der Waals surface area contributed by atoms with Gasteiger partial charge in [0, 0.05) is 13.2 Å². The topological polar surface area (TPSA) is 67.8 Å². The average Bonchev–Trinajstić information content (AvgIpc) is 2.29. The Kier molecular flexibility index (Phi) is 4.78. The van der Waals surface area contributed by atoms with Gasteiger partial charge in [0.1, 0.15) is 5.75 Å². The summed E-state index contributed by atoms with van der Waals surface area (Å²) in [6.45, 7) is 2.47. The predicted molar refractivity (Wildman–Crippen MR) is 64.9 cm³/mol. The van der Waals surface area contributed by atoms with Crippen molar-refractivity contribution < 1.29 is 19.4 Å². The quantitative estimate of drug-likeness (QED) is 0.792. The van der Waals surface area contributed by atoms with E-state index in [4.69, 9.17) is 14.6 Å². The summed E-state index contributed by atoms with van der Waals surface area (Å²) in [7, 11) is 3.16. The van der Waals surface area contributed by atoms with Crippen molar-refractivity contribution in [1.82, 2.24) is 0 Å². The molecule has 0 fully saturated rings. The summed E-state index contributed by atoms with van der Waals surface area (Å²) in [5.74, 6) is -0.354. The normalized spacial score (nSPS) is 11.9. The van der Waals surface area contributed by atoms with E-state index in [2.05, 4.69) is 5.32 Å². The maximum atomic E-state index is 10.9. The Morgan fingerprint density at radius 3 is 2.71 bits per heavy atom. The highest BCUT2D eigenvalue weighted by molar-refractivity contribution is 5.89. The van der Waals surface area contributed by atoms with Crippen molar-refractivity contribution in [2.24, 2.45) is 0 Å². The van der Waals surface area contributed by atoms with Crippen molar-refractivity contribution in [2.45, 2.75) is 13.0 Å². The number of aromatic carboxylic acids is 1. The summed E-state index contributed by atoms with van der Waals surface area (Å²) in [5, 5.41) is 12.1. The van der Waals surface area contributed by atoms with E-state index in [0.717, 1.165) is 0 Å². The van der Waals surface area contributed by atoms with Crippen LogP contribution in [0.15, 0.2) is 18.2 Å². The van der Waals surface area contributed by atoms with Crippen molar-refractivity contribution in [3.05, 3.63) is 23.8 Å². The van der Waals surface area contributed by atoms with Gasteiger partial charge in [-0.05, 0) is 25.1 Å². The van der Waals surface area contributed by atoms with Gasteiger partial charge in [-0.3, -0.25) is 0 Å². The number of carboxylic acid groups (broad SMARTS) is 1. The molecule has 1 atom stereocenters. The predicted octanol–water partition coefficient (Wildman–Crippen LogP) is 1.84. The van der Waals surface area contributed by atoms with Crippen LogP contribution in [0.5, 0.6) is 5.75 Å². The smallest absolute Gasteiger partial charge is 0.335 e. The molecule has 0 radical (unpaired) electrons. The Morgan fingerprint density at radius 1 is 1.47 bits per heavy atom. The van der Waals surface area contributed by atoms with Crippen LogP contribution in [0, 0.1) is 0 Å². The van der Waals surface area contributed by atoms with Gasteiger partial charge < -0.3 is 19.9 Å². The van der Waals surface area contributed by atoms with E-state index < -0.39 is 5.97 Å². The number of methoxy groups -OCH3 is 2. The first kappa shape index (κ1) is 13.3. The summed E-state index contributed by atoms with van der Waals surface area (Å²) < 4.78 is 10.2. The van der Waals surface area contributed by atoms with E-state index in [9.17, 15) is 4.79 Å². The number of rotatable bonds is 6. The lowest BCUT2D eigenvalue weighted by Crippen LogP contribution is -2.21.